The standard InChI is InChI=1S/C22H22N4O/c1-14(2)17-6-4-5-7-18(17)20-23-12-19-21(25-20)26(22(27)24-19)13-16-10-8-15(3)9-11-16/h4-12,14H,13H2,1-3H3,(H,24,27). The van der Waals surface area contributed by atoms with Crippen LogP contribution in [0.15, 0.2) is 59.5 Å². The second-order valence-corrected chi connectivity index (χ2v) is 7.17. The van der Waals surface area contributed by atoms with Gasteiger partial charge in [0.15, 0.2) is 11.5 Å². The Morgan fingerprint density at radius 2 is 1.81 bits per heavy atom. The van der Waals surface area contributed by atoms with Gasteiger partial charge < -0.3 is 4.98 Å². The van der Waals surface area contributed by atoms with Gasteiger partial charge in [-0.1, -0.05) is 67.9 Å². The molecule has 0 saturated carbocycles. The first kappa shape index (κ1) is 17.2. The van der Waals surface area contributed by atoms with Crippen LogP contribution in [-0.4, -0.2) is 19.5 Å². The van der Waals surface area contributed by atoms with Gasteiger partial charge in [0, 0.05) is 5.56 Å². The lowest BCUT2D eigenvalue weighted by atomic mass is 9.97. The number of imidazole rings is 1. The molecule has 0 bridgehead atoms. The number of H-pyrrole nitrogens is 1. The highest BCUT2D eigenvalue weighted by atomic mass is 16.1. The van der Waals surface area contributed by atoms with Crippen molar-refractivity contribution >= 4 is 11.2 Å². The third-order valence-corrected chi connectivity index (χ3v) is 4.80. The highest BCUT2D eigenvalue weighted by Gasteiger charge is 2.14. The Balaban J connectivity index is 1.83. The summed E-state index contributed by atoms with van der Waals surface area (Å²) >= 11 is 0. The van der Waals surface area contributed by atoms with Crippen molar-refractivity contribution in [2.24, 2.45) is 0 Å². The van der Waals surface area contributed by atoms with Gasteiger partial charge in [-0.25, -0.2) is 14.8 Å². The quantitative estimate of drug-likeness (QED) is 0.593. The van der Waals surface area contributed by atoms with Crippen molar-refractivity contribution in [1.29, 1.82) is 0 Å². The maximum absolute atomic E-state index is 12.5. The minimum absolute atomic E-state index is 0.172. The SMILES string of the molecule is Cc1ccc(Cn2c(=O)[nH]c3cnc(-c4ccccc4C(C)C)nc32)cc1. The van der Waals surface area contributed by atoms with Crippen LogP contribution >= 0.6 is 0 Å². The summed E-state index contributed by atoms with van der Waals surface area (Å²) in [4.78, 5) is 24.6. The molecule has 1 N–H and O–H groups in total. The predicted octanol–water partition coefficient (Wildman–Crippen LogP) is 4.27. The van der Waals surface area contributed by atoms with Crippen molar-refractivity contribution in [1.82, 2.24) is 19.5 Å². The molecule has 0 aliphatic heterocycles. The average Bonchev–Trinajstić information content (AvgIpc) is 2.98. The van der Waals surface area contributed by atoms with E-state index in [0.29, 0.717) is 29.5 Å². The van der Waals surface area contributed by atoms with Crippen LogP contribution in [0.2, 0.25) is 0 Å². The van der Waals surface area contributed by atoms with Crippen LogP contribution < -0.4 is 5.69 Å². The summed E-state index contributed by atoms with van der Waals surface area (Å²) in [7, 11) is 0. The van der Waals surface area contributed by atoms with Crippen molar-refractivity contribution < 1.29 is 0 Å². The van der Waals surface area contributed by atoms with Gasteiger partial charge in [-0.2, -0.15) is 0 Å². The van der Waals surface area contributed by atoms with Gasteiger partial charge >= 0.3 is 5.69 Å². The third kappa shape index (κ3) is 3.28. The van der Waals surface area contributed by atoms with Gasteiger partial charge in [0.25, 0.3) is 0 Å². The molecule has 0 saturated heterocycles. The summed E-state index contributed by atoms with van der Waals surface area (Å²) in [5, 5.41) is 0. The summed E-state index contributed by atoms with van der Waals surface area (Å²) in [6, 6.07) is 16.3. The predicted molar refractivity (Wildman–Crippen MR) is 108 cm³/mol. The number of nitrogens with one attached hydrogen (secondary N) is 1. The molecule has 0 aliphatic carbocycles. The first-order valence-electron chi connectivity index (χ1n) is 9.13. The van der Waals surface area contributed by atoms with Crippen LogP contribution in [0.5, 0.6) is 0 Å². The number of hydrogen-bond acceptors (Lipinski definition) is 3. The molecule has 0 fully saturated rings. The topological polar surface area (TPSA) is 63.6 Å². The van der Waals surface area contributed by atoms with Crippen molar-refractivity contribution in [3.63, 3.8) is 0 Å². The summed E-state index contributed by atoms with van der Waals surface area (Å²) in [6.45, 7) is 6.83. The van der Waals surface area contributed by atoms with Crippen LogP contribution in [0.3, 0.4) is 0 Å². The Morgan fingerprint density at radius 3 is 2.56 bits per heavy atom. The van der Waals surface area contributed by atoms with Gasteiger partial charge in [0.05, 0.1) is 12.7 Å². The number of aromatic nitrogens is 4. The molecule has 2 aromatic heterocycles. The van der Waals surface area contributed by atoms with Crippen molar-refractivity contribution in [2.45, 2.75) is 33.2 Å². The smallest absolute Gasteiger partial charge is 0.303 e. The molecule has 0 aliphatic rings. The second-order valence-electron chi connectivity index (χ2n) is 7.17. The normalized spacial score (nSPS) is 11.4. The number of aryl methyl sites for hydroxylation is 1. The van der Waals surface area contributed by atoms with Crippen molar-refractivity contribution in [3.8, 4) is 11.4 Å². The largest absolute Gasteiger partial charge is 0.328 e. The number of benzene rings is 2. The molecule has 27 heavy (non-hydrogen) atoms. The van der Waals surface area contributed by atoms with Crippen LogP contribution in [0.25, 0.3) is 22.6 Å². The summed E-state index contributed by atoms with van der Waals surface area (Å²) in [6.07, 6.45) is 1.70. The molecule has 2 heterocycles. The number of rotatable bonds is 4. The van der Waals surface area contributed by atoms with E-state index in [4.69, 9.17) is 4.98 Å². The maximum atomic E-state index is 12.5. The zero-order valence-electron chi connectivity index (χ0n) is 15.7. The molecule has 4 aromatic rings. The molecule has 2 aromatic carbocycles. The van der Waals surface area contributed by atoms with Gasteiger partial charge in [0.1, 0.15) is 5.52 Å². The molecular weight excluding hydrogens is 336 g/mol. The Hall–Kier alpha value is -3.21. The molecule has 136 valence electrons. The lowest BCUT2D eigenvalue weighted by molar-refractivity contribution is 0.777. The zero-order chi connectivity index (χ0) is 19.0. The molecule has 0 unspecified atom stereocenters. The Bertz CT molecular complexity index is 1150. The molecule has 5 heteroatoms. The van der Waals surface area contributed by atoms with E-state index in [1.807, 2.05) is 37.3 Å². The van der Waals surface area contributed by atoms with Crippen LogP contribution in [0.1, 0.15) is 36.5 Å². The first-order chi connectivity index (χ1) is 13.0. The maximum Gasteiger partial charge on any atom is 0.328 e. The van der Waals surface area contributed by atoms with Gasteiger partial charge in [-0.3, -0.25) is 4.57 Å². The number of nitrogens with zero attached hydrogens (tertiary/aromatic N) is 3. The monoisotopic (exact) mass is 358 g/mol. The lowest BCUT2D eigenvalue weighted by Gasteiger charge is -2.11. The lowest BCUT2D eigenvalue weighted by Crippen LogP contribution is -2.17. The molecular formula is C22H22N4O. The molecule has 0 radical (unpaired) electrons. The van der Waals surface area contributed by atoms with E-state index in [0.717, 1.165) is 11.1 Å². The molecule has 0 atom stereocenters. The fourth-order valence-electron chi connectivity index (χ4n) is 3.30. The minimum Gasteiger partial charge on any atom is -0.303 e. The van der Waals surface area contributed by atoms with Crippen LogP contribution in [0, 0.1) is 6.92 Å². The highest BCUT2D eigenvalue weighted by molar-refractivity contribution is 5.73. The van der Waals surface area contributed by atoms with E-state index in [9.17, 15) is 4.79 Å². The number of fused-ring (bicyclic) bond motifs is 1. The van der Waals surface area contributed by atoms with Crippen LogP contribution in [0.4, 0.5) is 0 Å². The Kier molecular flexibility index (Phi) is 4.36. The minimum atomic E-state index is -0.172. The first-order valence-corrected chi connectivity index (χ1v) is 9.13. The molecule has 0 amide bonds. The van der Waals surface area contributed by atoms with Crippen molar-refractivity contribution in [3.05, 3.63) is 81.9 Å². The summed E-state index contributed by atoms with van der Waals surface area (Å²) in [5.41, 5.74) is 5.56. The zero-order valence-corrected chi connectivity index (χ0v) is 15.7. The van der Waals surface area contributed by atoms with E-state index < -0.39 is 0 Å². The summed E-state index contributed by atoms with van der Waals surface area (Å²) in [5.74, 6) is 1.00. The van der Waals surface area contributed by atoms with Gasteiger partial charge in [0.2, 0.25) is 0 Å². The fourth-order valence-corrected chi connectivity index (χ4v) is 3.30. The summed E-state index contributed by atoms with van der Waals surface area (Å²) < 4.78 is 1.67. The highest BCUT2D eigenvalue weighted by Crippen LogP contribution is 2.27. The van der Waals surface area contributed by atoms with E-state index in [2.05, 4.69) is 42.0 Å². The van der Waals surface area contributed by atoms with Gasteiger partial charge in [-0.05, 0) is 24.0 Å². The number of hydrogen-bond donors (Lipinski definition) is 1. The Labute approximate surface area is 157 Å². The van der Waals surface area contributed by atoms with Crippen LogP contribution in [-0.2, 0) is 6.54 Å². The Morgan fingerprint density at radius 1 is 1.07 bits per heavy atom. The van der Waals surface area contributed by atoms with Gasteiger partial charge in [-0.15, -0.1) is 0 Å². The number of aromatic amines is 1. The van der Waals surface area contributed by atoms with E-state index in [-0.39, 0.29) is 5.69 Å². The average molecular weight is 358 g/mol. The molecule has 5 nitrogen and oxygen atoms in total. The van der Waals surface area contributed by atoms with E-state index >= 15 is 0 Å². The molecule has 4 rings (SSSR count). The molecule has 0 spiro atoms. The third-order valence-electron chi connectivity index (χ3n) is 4.80. The fraction of sp³-hybridized carbons (Fsp3) is 0.227. The van der Waals surface area contributed by atoms with E-state index in [1.165, 1.54) is 11.1 Å². The van der Waals surface area contributed by atoms with Crippen molar-refractivity contribution in [2.75, 3.05) is 0 Å². The van der Waals surface area contributed by atoms with E-state index in [1.54, 1.807) is 10.8 Å². The second kappa shape index (κ2) is 6.83.